The molecule has 1 fully saturated rings. The molecule has 0 unspecified atom stereocenters. The molecule has 0 saturated carbocycles. The summed E-state index contributed by atoms with van der Waals surface area (Å²) in [6.07, 6.45) is 1.97. The Kier molecular flexibility index (Phi) is 7.80. The van der Waals surface area contributed by atoms with Crippen LogP contribution in [-0.2, 0) is 4.79 Å². The summed E-state index contributed by atoms with van der Waals surface area (Å²) in [6.45, 7) is 5.04. The van der Waals surface area contributed by atoms with E-state index in [-0.39, 0.29) is 36.5 Å². The van der Waals surface area contributed by atoms with Gasteiger partial charge in [-0.1, -0.05) is 18.5 Å². The van der Waals surface area contributed by atoms with Crippen LogP contribution >= 0.6 is 11.6 Å². The number of nitrogens with one attached hydrogen (secondary N) is 2. The van der Waals surface area contributed by atoms with Crippen molar-refractivity contribution in [2.24, 2.45) is 5.92 Å². The van der Waals surface area contributed by atoms with Crippen LogP contribution in [0.1, 0.15) is 53.8 Å². The lowest BCUT2D eigenvalue weighted by Crippen LogP contribution is -2.55. The van der Waals surface area contributed by atoms with E-state index in [4.69, 9.17) is 21.1 Å². The number of hydrogen-bond donors (Lipinski definition) is 2. The highest BCUT2D eigenvalue weighted by Crippen LogP contribution is 2.32. The summed E-state index contributed by atoms with van der Waals surface area (Å²) in [5.41, 5.74) is 0.973. The molecule has 0 spiro atoms. The third-order valence-electron chi connectivity index (χ3n) is 6.59. The SMILES string of the molecule is CC[C@H](C)NC(=O)[C@@H](NC(=O)c1ccc2c(c1)OCO2)C1CCN(C(=O)c2ccc(Cl)cc2)CC1. The third kappa shape index (κ3) is 5.88. The summed E-state index contributed by atoms with van der Waals surface area (Å²) in [4.78, 5) is 40.9. The molecule has 186 valence electrons. The Morgan fingerprint density at radius 2 is 1.66 bits per heavy atom. The number of nitrogens with zero attached hydrogens (tertiary/aromatic N) is 1. The molecule has 8 nitrogen and oxygen atoms in total. The maximum atomic E-state index is 13.2. The molecule has 2 aliphatic rings. The van der Waals surface area contributed by atoms with Crippen molar-refractivity contribution < 1.29 is 23.9 Å². The summed E-state index contributed by atoms with van der Waals surface area (Å²) in [6, 6.07) is 11.1. The molecule has 2 aromatic carbocycles. The number of benzene rings is 2. The highest BCUT2D eigenvalue weighted by molar-refractivity contribution is 6.30. The molecule has 35 heavy (non-hydrogen) atoms. The van der Waals surface area contributed by atoms with Crippen LogP contribution in [-0.4, -0.2) is 54.6 Å². The van der Waals surface area contributed by atoms with Crippen LogP contribution in [0.2, 0.25) is 5.02 Å². The molecule has 2 atom stereocenters. The molecule has 2 heterocycles. The number of carbonyl (C=O) groups is 3. The lowest BCUT2D eigenvalue weighted by Gasteiger charge is -2.36. The molecule has 2 aliphatic heterocycles. The zero-order valence-electron chi connectivity index (χ0n) is 19.9. The number of ether oxygens (including phenoxy) is 2. The fraction of sp³-hybridized carbons (Fsp3) is 0.423. The van der Waals surface area contributed by atoms with Crippen LogP contribution in [0.3, 0.4) is 0 Å². The van der Waals surface area contributed by atoms with Gasteiger partial charge in [-0.05, 0) is 74.6 Å². The Balaban J connectivity index is 1.44. The smallest absolute Gasteiger partial charge is 0.253 e. The maximum Gasteiger partial charge on any atom is 0.253 e. The molecular weight excluding hydrogens is 470 g/mol. The van der Waals surface area contributed by atoms with Gasteiger partial charge in [-0.3, -0.25) is 14.4 Å². The maximum absolute atomic E-state index is 13.2. The zero-order chi connectivity index (χ0) is 24.9. The Morgan fingerprint density at radius 1 is 1.00 bits per heavy atom. The first-order chi connectivity index (χ1) is 16.9. The van der Waals surface area contributed by atoms with E-state index in [9.17, 15) is 14.4 Å². The summed E-state index contributed by atoms with van der Waals surface area (Å²) in [7, 11) is 0. The molecule has 2 aromatic rings. The lowest BCUT2D eigenvalue weighted by atomic mass is 9.88. The van der Waals surface area contributed by atoms with Gasteiger partial charge in [0.25, 0.3) is 11.8 Å². The third-order valence-corrected chi connectivity index (χ3v) is 6.85. The van der Waals surface area contributed by atoms with Crippen molar-refractivity contribution >= 4 is 29.3 Å². The van der Waals surface area contributed by atoms with Gasteiger partial charge in [-0.15, -0.1) is 0 Å². The Hall–Kier alpha value is -3.26. The van der Waals surface area contributed by atoms with Crippen LogP contribution in [0.25, 0.3) is 0 Å². The molecule has 3 amide bonds. The van der Waals surface area contributed by atoms with Crippen molar-refractivity contribution in [3.05, 3.63) is 58.6 Å². The van der Waals surface area contributed by atoms with Gasteiger partial charge in [-0.25, -0.2) is 0 Å². The van der Waals surface area contributed by atoms with Crippen molar-refractivity contribution in [3.63, 3.8) is 0 Å². The van der Waals surface area contributed by atoms with E-state index in [1.807, 2.05) is 13.8 Å². The van der Waals surface area contributed by atoms with Gasteiger partial charge in [0, 0.05) is 35.3 Å². The van der Waals surface area contributed by atoms with Gasteiger partial charge in [0.15, 0.2) is 11.5 Å². The molecule has 0 radical (unpaired) electrons. The first kappa shape index (κ1) is 24.9. The Labute approximate surface area is 209 Å². The number of rotatable bonds is 7. The summed E-state index contributed by atoms with van der Waals surface area (Å²) >= 11 is 5.94. The summed E-state index contributed by atoms with van der Waals surface area (Å²) in [5, 5.41) is 6.52. The van der Waals surface area contributed by atoms with E-state index in [0.29, 0.717) is 53.6 Å². The lowest BCUT2D eigenvalue weighted by molar-refractivity contribution is -0.125. The van der Waals surface area contributed by atoms with E-state index < -0.39 is 6.04 Å². The molecule has 1 saturated heterocycles. The fourth-order valence-electron chi connectivity index (χ4n) is 4.31. The number of hydrogen-bond acceptors (Lipinski definition) is 5. The first-order valence-corrected chi connectivity index (χ1v) is 12.3. The van der Waals surface area contributed by atoms with Crippen LogP contribution in [0.15, 0.2) is 42.5 Å². The number of amides is 3. The molecule has 0 aliphatic carbocycles. The summed E-state index contributed by atoms with van der Waals surface area (Å²) in [5.74, 6) is 0.359. The second-order valence-corrected chi connectivity index (χ2v) is 9.41. The van der Waals surface area contributed by atoms with Gasteiger partial charge in [0.05, 0.1) is 0 Å². The van der Waals surface area contributed by atoms with Crippen LogP contribution in [0.5, 0.6) is 11.5 Å². The second kappa shape index (κ2) is 11.0. The van der Waals surface area contributed by atoms with Crippen molar-refractivity contribution in [1.29, 1.82) is 0 Å². The largest absolute Gasteiger partial charge is 0.454 e. The number of likely N-dealkylation sites (tertiary alicyclic amines) is 1. The highest BCUT2D eigenvalue weighted by Gasteiger charge is 2.34. The van der Waals surface area contributed by atoms with E-state index in [1.165, 1.54) is 0 Å². The van der Waals surface area contributed by atoms with Crippen molar-refractivity contribution in [1.82, 2.24) is 15.5 Å². The fourth-order valence-corrected chi connectivity index (χ4v) is 4.43. The van der Waals surface area contributed by atoms with Crippen molar-refractivity contribution in [2.45, 2.75) is 45.2 Å². The van der Waals surface area contributed by atoms with Gasteiger partial charge in [0.1, 0.15) is 6.04 Å². The molecule has 4 rings (SSSR count). The molecular formula is C26H30ClN3O5. The van der Waals surface area contributed by atoms with Gasteiger partial charge < -0.3 is 25.0 Å². The Bertz CT molecular complexity index is 1080. The first-order valence-electron chi connectivity index (χ1n) is 11.9. The van der Waals surface area contributed by atoms with E-state index in [1.54, 1.807) is 47.4 Å². The minimum Gasteiger partial charge on any atom is -0.454 e. The minimum absolute atomic E-state index is 0.0148. The van der Waals surface area contributed by atoms with E-state index in [0.717, 1.165) is 6.42 Å². The zero-order valence-corrected chi connectivity index (χ0v) is 20.6. The van der Waals surface area contributed by atoms with Crippen LogP contribution in [0.4, 0.5) is 0 Å². The van der Waals surface area contributed by atoms with Crippen LogP contribution < -0.4 is 20.1 Å². The molecule has 0 bridgehead atoms. The second-order valence-electron chi connectivity index (χ2n) is 8.97. The standard InChI is InChI=1S/C26H30ClN3O5/c1-3-16(2)28-25(32)23(29-24(31)19-6-9-21-22(14-19)35-15-34-21)17-10-12-30(13-11-17)26(33)18-4-7-20(27)8-5-18/h4-9,14,16-17,23H,3,10-13,15H2,1-2H3,(H,28,32)(H,29,31)/t16-,23-/m0/s1. The van der Waals surface area contributed by atoms with Gasteiger partial charge in [-0.2, -0.15) is 0 Å². The molecule has 9 heteroatoms. The number of fused-ring (bicyclic) bond motifs is 1. The molecule has 0 aromatic heterocycles. The van der Waals surface area contributed by atoms with Gasteiger partial charge in [0.2, 0.25) is 12.7 Å². The molecule has 2 N–H and O–H groups in total. The van der Waals surface area contributed by atoms with E-state index in [2.05, 4.69) is 10.6 Å². The van der Waals surface area contributed by atoms with Crippen molar-refractivity contribution in [3.8, 4) is 11.5 Å². The van der Waals surface area contributed by atoms with Crippen LogP contribution in [0, 0.1) is 5.92 Å². The minimum atomic E-state index is -0.713. The van der Waals surface area contributed by atoms with Gasteiger partial charge >= 0.3 is 0 Å². The average Bonchev–Trinajstić information content (AvgIpc) is 3.35. The van der Waals surface area contributed by atoms with E-state index >= 15 is 0 Å². The Morgan fingerprint density at radius 3 is 2.34 bits per heavy atom. The predicted molar refractivity (Wildman–Crippen MR) is 132 cm³/mol. The highest BCUT2D eigenvalue weighted by atomic mass is 35.5. The number of halogens is 1. The quantitative estimate of drug-likeness (QED) is 0.606. The van der Waals surface area contributed by atoms with Crippen molar-refractivity contribution in [2.75, 3.05) is 19.9 Å². The number of piperidine rings is 1. The normalized spacial score (nSPS) is 16.9. The number of carbonyl (C=O) groups excluding carboxylic acids is 3. The average molecular weight is 500 g/mol. The predicted octanol–water partition coefficient (Wildman–Crippen LogP) is 3.63. The summed E-state index contributed by atoms with van der Waals surface area (Å²) < 4.78 is 10.7. The monoisotopic (exact) mass is 499 g/mol. The topological polar surface area (TPSA) is 97.0 Å².